The molecule has 0 aliphatic rings. The van der Waals surface area contributed by atoms with Crippen molar-refractivity contribution in [1.82, 2.24) is 0 Å². The molecule has 0 fully saturated rings. The quantitative estimate of drug-likeness (QED) is 0.742. The third-order valence-corrected chi connectivity index (χ3v) is 1.91. The maximum Gasteiger partial charge on any atom is 0.115 e. The summed E-state index contributed by atoms with van der Waals surface area (Å²) in [6.07, 6.45) is 0. The Morgan fingerprint density at radius 2 is 1.70 bits per heavy atom. The first-order valence-electron chi connectivity index (χ1n) is 2.40. The summed E-state index contributed by atoms with van der Waals surface area (Å²) in [6.45, 7) is 0. The predicted molar refractivity (Wildman–Crippen MR) is 39.8 cm³/mol. The fourth-order valence-electron chi connectivity index (χ4n) is 0.498. The minimum absolute atomic E-state index is 0. The predicted octanol–water partition coefficient (Wildman–Crippen LogP) is 2.64. The van der Waals surface area contributed by atoms with Crippen molar-refractivity contribution in [2.24, 2.45) is 0 Å². The van der Waals surface area contributed by atoms with Gasteiger partial charge in [-0.3, -0.25) is 0 Å². The van der Waals surface area contributed by atoms with Gasteiger partial charge in [-0.1, -0.05) is 0 Å². The van der Waals surface area contributed by atoms with E-state index in [1.54, 1.807) is 24.3 Å². The van der Waals surface area contributed by atoms with E-state index in [2.05, 4.69) is 0 Å². The number of phenols is 1. The number of halogens is 1. The van der Waals surface area contributed by atoms with Crippen molar-refractivity contribution in [3.8, 4) is 5.75 Å². The molecule has 1 nitrogen and oxygen atoms in total. The van der Waals surface area contributed by atoms with Crippen LogP contribution in [0.15, 0.2) is 29.2 Å². The van der Waals surface area contributed by atoms with Gasteiger partial charge < -0.3 is 5.11 Å². The first-order valence-corrected chi connectivity index (χ1v) is 4.05. The van der Waals surface area contributed by atoms with Crippen LogP contribution in [-0.2, 0) is 19.5 Å². The molecule has 0 amide bonds. The van der Waals surface area contributed by atoms with Crippen molar-refractivity contribution in [2.45, 2.75) is 4.90 Å². The number of hydrogen-bond acceptors (Lipinski definition) is 2. The molecule has 0 aromatic heterocycles. The van der Waals surface area contributed by atoms with Crippen LogP contribution in [0.1, 0.15) is 0 Å². The second-order valence-electron chi connectivity index (χ2n) is 1.57. The summed E-state index contributed by atoms with van der Waals surface area (Å²) in [5, 5.41) is 8.80. The smallest absolute Gasteiger partial charge is 0.115 e. The van der Waals surface area contributed by atoms with Gasteiger partial charge >= 0.3 is 0 Å². The van der Waals surface area contributed by atoms with E-state index in [1.807, 2.05) is 0 Å². The minimum Gasteiger partial charge on any atom is -0.508 e. The number of phenolic OH excluding ortho intramolecular Hbond substituents is 1. The molecule has 0 heterocycles. The summed E-state index contributed by atoms with van der Waals surface area (Å²) in [4.78, 5) is 0.939. The van der Waals surface area contributed by atoms with Gasteiger partial charge in [0.05, 0.1) is 0 Å². The summed E-state index contributed by atoms with van der Waals surface area (Å²) in [5.41, 5.74) is 0. The summed E-state index contributed by atoms with van der Waals surface area (Å²) in [7, 11) is 6.55. The summed E-state index contributed by atoms with van der Waals surface area (Å²) in [5.74, 6) is 0.268. The van der Waals surface area contributed by atoms with Gasteiger partial charge in [0, 0.05) is 24.4 Å². The number of rotatable bonds is 1. The second-order valence-corrected chi connectivity index (χ2v) is 2.66. The monoisotopic (exact) mass is 224 g/mol. The van der Waals surface area contributed by atoms with Crippen molar-refractivity contribution in [3.63, 3.8) is 0 Å². The molecule has 10 heavy (non-hydrogen) atoms. The Labute approximate surface area is 81.0 Å². The molecule has 0 aliphatic carbocycles. The van der Waals surface area contributed by atoms with Gasteiger partial charge in [-0.15, -0.1) is 0 Å². The molecule has 0 atom stereocenters. The fraction of sp³-hybridized carbons (Fsp3) is 0. The SMILES string of the molecule is Oc1ccc(SCl)cc1.[Zn]. The zero-order valence-corrected chi connectivity index (χ0v) is 9.79. The van der Waals surface area contributed by atoms with Crippen LogP contribution in [0.2, 0.25) is 0 Å². The van der Waals surface area contributed by atoms with Crippen molar-refractivity contribution in [1.29, 1.82) is 0 Å². The Balaban J connectivity index is 0.000000810. The summed E-state index contributed by atoms with van der Waals surface area (Å²) >= 11 is 0. The molecule has 0 radical (unpaired) electrons. The van der Waals surface area contributed by atoms with Gasteiger partial charge in [0.25, 0.3) is 0 Å². The molecule has 4 heteroatoms. The standard InChI is InChI=1S/C6H5ClOS.Zn/c7-9-6-3-1-5(8)2-4-6;/h1-4,8H;. The topological polar surface area (TPSA) is 20.2 Å². The molecule has 0 aliphatic heterocycles. The van der Waals surface area contributed by atoms with Crippen molar-refractivity contribution in [2.75, 3.05) is 0 Å². The number of benzene rings is 1. The maximum absolute atomic E-state index is 8.80. The Hall–Kier alpha value is 0.283. The normalized spacial score (nSPS) is 8.50. The van der Waals surface area contributed by atoms with Gasteiger partial charge in [0.2, 0.25) is 0 Å². The van der Waals surface area contributed by atoms with Crippen molar-refractivity contribution < 1.29 is 24.6 Å². The van der Waals surface area contributed by atoms with E-state index in [-0.39, 0.29) is 25.2 Å². The van der Waals surface area contributed by atoms with Crippen LogP contribution in [0.25, 0.3) is 0 Å². The first kappa shape index (κ1) is 10.3. The zero-order valence-electron chi connectivity index (χ0n) is 5.25. The van der Waals surface area contributed by atoms with E-state index in [1.165, 1.54) is 0 Å². The molecule has 1 rings (SSSR count). The molecule has 50 valence electrons. The van der Waals surface area contributed by atoms with Crippen LogP contribution >= 0.6 is 21.7 Å². The van der Waals surface area contributed by atoms with Crippen LogP contribution in [0.5, 0.6) is 5.75 Å². The van der Waals surface area contributed by atoms with Gasteiger partial charge in [-0.05, 0) is 45.9 Å². The van der Waals surface area contributed by atoms with E-state index < -0.39 is 0 Å². The Morgan fingerprint density at radius 1 is 1.20 bits per heavy atom. The van der Waals surface area contributed by atoms with Crippen LogP contribution in [0, 0.1) is 0 Å². The van der Waals surface area contributed by atoms with Gasteiger partial charge in [-0.25, -0.2) is 0 Å². The van der Waals surface area contributed by atoms with Crippen LogP contribution in [0.3, 0.4) is 0 Å². The van der Waals surface area contributed by atoms with E-state index in [0.29, 0.717) is 0 Å². The van der Waals surface area contributed by atoms with Crippen LogP contribution in [0.4, 0.5) is 0 Å². The molecule has 0 spiro atoms. The molecular weight excluding hydrogens is 221 g/mol. The fourth-order valence-corrected chi connectivity index (χ4v) is 1.05. The van der Waals surface area contributed by atoms with Crippen molar-refractivity contribution >= 4 is 21.7 Å². The van der Waals surface area contributed by atoms with E-state index in [4.69, 9.17) is 15.8 Å². The molecule has 1 N–H and O–H groups in total. The first-order chi connectivity index (χ1) is 4.33. The summed E-state index contributed by atoms with van der Waals surface area (Å²) in [6, 6.07) is 6.72. The third-order valence-electron chi connectivity index (χ3n) is 0.926. The largest absolute Gasteiger partial charge is 0.508 e. The average Bonchev–Trinajstić information content (AvgIpc) is 1.90. The Kier molecular flexibility index (Phi) is 5.14. The average molecular weight is 226 g/mol. The molecule has 0 saturated carbocycles. The molecule has 0 unspecified atom stereocenters. The molecule has 0 bridgehead atoms. The zero-order chi connectivity index (χ0) is 6.69. The summed E-state index contributed by atoms with van der Waals surface area (Å²) < 4.78 is 0. The molecule has 0 saturated heterocycles. The van der Waals surface area contributed by atoms with Gasteiger partial charge in [0.1, 0.15) is 5.75 Å². The van der Waals surface area contributed by atoms with Crippen LogP contribution < -0.4 is 0 Å². The Morgan fingerprint density at radius 3 is 2.10 bits per heavy atom. The number of hydrogen-bond donors (Lipinski definition) is 1. The van der Waals surface area contributed by atoms with Gasteiger partial charge in [0.15, 0.2) is 0 Å². The van der Waals surface area contributed by atoms with Crippen LogP contribution in [-0.4, -0.2) is 5.11 Å². The van der Waals surface area contributed by atoms with E-state index >= 15 is 0 Å². The maximum atomic E-state index is 8.80. The van der Waals surface area contributed by atoms with E-state index in [9.17, 15) is 0 Å². The Bertz CT molecular complexity index is 189. The number of aromatic hydroxyl groups is 1. The minimum atomic E-state index is 0. The van der Waals surface area contributed by atoms with Gasteiger partial charge in [-0.2, -0.15) is 0 Å². The molecule has 1 aromatic rings. The van der Waals surface area contributed by atoms with E-state index in [0.717, 1.165) is 15.9 Å². The molecular formula is C6H5ClOSZn. The van der Waals surface area contributed by atoms with Crippen molar-refractivity contribution in [3.05, 3.63) is 24.3 Å². The third kappa shape index (κ3) is 2.91. The second kappa shape index (κ2) is 5.00. The molecule has 1 aromatic carbocycles.